The van der Waals surface area contributed by atoms with E-state index in [-0.39, 0.29) is 36.4 Å². The van der Waals surface area contributed by atoms with Crippen LogP contribution in [0.25, 0.3) is 11.4 Å². The Labute approximate surface area is 206 Å². The number of nitrogens with zero attached hydrogens (tertiary/aromatic N) is 3. The number of anilines is 1. The lowest BCUT2D eigenvalue weighted by Crippen LogP contribution is -2.29. The molecule has 3 rings (SSSR count). The van der Waals surface area contributed by atoms with E-state index in [0.29, 0.717) is 23.2 Å². The number of hydrogen-bond acceptors (Lipinski definition) is 6. The average molecular weight is 502 g/mol. The van der Waals surface area contributed by atoms with E-state index in [1.807, 2.05) is 13.8 Å². The normalized spacial score (nSPS) is 12.3. The molecule has 36 heavy (non-hydrogen) atoms. The van der Waals surface area contributed by atoms with Crippen LogP contribution in [0.3, 0.4) is 0 Å². The number of rotatable bonds is 10. The zero-order valence-corrected chi connectivity index (χ0v) is 19.7. The molecule has 2 heterocycles. The quantitative estimate of drug-likeness (QED) is 0.359. The predicted octanol–water partition coefficient (Wildman–Crippen LogP) is 4.96. The van der Waals surface area contributed by atoms with Gasteiger partial charge in [-0.3, -0.25) is 14.6 Å². The number of aliphatic carboxylic acids is 1. The maximum atomic E-state index is 12.8. The first-order chi connectivity index (χ1) is 17.0. The van der Waals surface area contributed by atoms with Gasteiger partial charge in [-0.1, -0.05) is 32.0 Å². The van der Waals surface area contributed by atoms with Crippen LogP contribution in [0, 0.1) is 5.92 Å². The number of nitrogens with one attached hydrogen (secondary N) is 2. The zero-order chi connectivity index (χ0) is 26.3. The van der Waals surface area contributed by atoms with Crippen LogP contribution >= 0.6 is 0 Å². The van der Waals surface area contributed by atoms with E-state index in [2.05, 4.69) is 25.6 Å². The molecular formula is C25H26F3N5O3. The van der Waals surface area contributed by atoms with Crippen molar-refractivity contribution in [2.45, 2.75) is 38.9 Å². The summed E-state index contributed by atoms with van der Waals surface area (Å²) in [5.41, 5.74) is 1.06. The molecule has 3 aromatic rings. The number of halogens is 3. The average Bonchev–Trinajstić information content (AvgIpc) is 2.83. The number of amides is 1. The Balaban J connectivity index is 1.80. The van der Waals surface area contributed by atoms with Crippen LogP contribution < -0.4 is 10.6 Å². The first-order valence-corrected chi connectivity index (χ1v) is 11.3. The largest absolute Gasteiger partial charge is 0.481 e. The number of benzene rings is 1. The highest BCUT2D eigenvalue weighted by Gasteiger charge is 2.30. The third-order valence-corrected chi connectivity index (χ3v) is 5.22. The molecule has 0 bridgehead atoms. The SMILES string of the molecule is CC(C)CC(Nc1cnc(-c2ccc(C(F)(F)F)cc2)nc1)c1cccnc1C(=O)NCCC(=O)O. The van der Waals surface area contributed by atoms with Crippen LogP contribution in [-0.2, 0) is 11.0 Å². The molecule has 0 fully saturated rings. The highest BCUT2D eigenvalue weighted by molar-refractivity contribution is 5.94. The van der Waals surface area contributed by atoms with Crippen molar-refractivity contribution < 1.29 is 27.9 Å². The van der Waals surface area contributed by atoms with Crippen molar-refractivity contribution in [3.05, 3.63) is 71.8 Å². The number of carboxylic acids is 1. The number of aromatic nitrogens is 3. The lowest BCUT2D eigenvalue weighted by Gasteiger charge is -2.23. The molecule has 0 saturated heterocycles. The summed E-state index contributed by atoms with van der Waals surface area (Å²) in [6.45, 7) is 4.04. The molecule has 190 valence electrons. The summed E-state index contributed by atoms with van der Waals surface area (Å²) < 4.78 is 38.4. The molecule has 11 heteroatoms. The van der Waals surface area contributed by atoms with Gasteiger partial charge in [0.05, 0.1) is 36.1 Å². The summed E-state index contributed by atoms with van der Waals surface area (Å²) in [6, 6.07) is 7.75. The van der Waals surface area contributed by atoms with E-state index in [0.717, 1.165) is 12.1 Å². The summed E-state index contributed by atoms with van der Waals surface area (Å²) in [6.07, 6.45) is 0.555. The first kappa shape index (κ1) is 26.6. The Kier molecular flexibility index (Phi) is 8.57. The van der Waals surface area contributed by atoms with Crippen LogP contribution in [0.5, 0.6) is 0 Å². The monoisotopic (exact) mass is 501 g/mol. The molecule has 0 aliphatic rings. The Bertz CT molecular complexity index is 1180. The fourth-order valence-electron chi connectivity index (χ4n) is 3.55. The zero-order valence-electron chi connectivity index (χ0n) is 19.7. The van der Waals surface area contributed by atoms with Gasteiger partial charge in [0.2, 0.25) is 0 Å². The summed E-state index contributed by atoms with van der Waals surface area (Å²) in [7, 11) is 0. The molecule has 1 amide bonds. The molecule has 0 aliphatic carbocycles. The van der Waals surface area contributed by atoms with E-state index in [9.17, 15) is 22.8 Å². The number of pyridine rings is 1. The molecule has 0 aliphatic heterocycles. The Morgan fingerprint density at radius 2 is 1.69 bits per heavy atom. The minimum atomic E-state index is -4.42. The molecule has 1 atom stereocenters. The van der Waals surface area contributed by atoms with Crippen LogP contribution in [0.1, 0.15) is 54.3 Å². The number of hydrogen-bond donors (Lipinski definition) is 3. The minimum Gasteiger partial charge on any atom is -0.481 e. The van der Waals surface area contributed by atoms with Crippen molar-refractivity contribution in [2.24, 2.45) is 5.92 Å². The number of carbonyl (C=O) groups excluding carboxylic acids is 1. The van der Waals surface area contributed by atoms with Crippen molar-refractivity contribution >= 4 is 17.6 Å². The van der Waals surface area contributed by atoms with Gasteiger partial charge < -0.3 is 15.7 Å². The fourth-order valence-corrected chi connectivity index (χ4v) is 3.55. The van der Waals surface area contributed by atoms with Gasteiger partial charge in [-0.2, -0.15) is 13.2 Å². The fraction of sp³-hybridized carbons (Fsp3) is 0.320. The second-order valence-corrected chi connectivity index (χ2v) is 8.54. The van der Waals surface area contributed by atoms with Gasteiger partial charge in [-0.15, -0.1) is 0 Å². The van der Waals surface area contributed by atoms with E-state index >= 15 is 0 Å². The van der Waals surface area contributed by atoms with Gasteiger partial charge >= 0.3 is 12.1 Å². The van der Waals surface area contributed by atoms with E-state index in [4.69, 9.17) is 5.11 Å². The molecular weight excluding hydrogens is 475 g/mol. The molecule has 3 N–H and O–H groups in total. The molecule has 8 nitrogen and oxygen atoms in total. The van der Waals surface area contributed by atoms with Crippen LogP contribution in [0.4, 0.5) is 18.9 Å². The van der Waals surface area contributed by atoms with Crippen molar-refractivity contribution in [1.82, 2.24) is 20.3 Å². The number of carbonyl (C=O) groups is 2. The highest BCUT2D eigenvalue weighted by Crippen LogP contribution is 2.31. The van der Waals surface area contributed by atoms with E-state index in [1.165, 1.54) is 30.7 Å². The van der Waals surface area contributed by atoms with Crippen LogP contribution in [0.15, 0.2) is 55.0 Å². The molecule has 0 spiro atoms. The lowest BCUT2D eigenvalue weighted by molar-refractivity contribution is -0.138. The number of alkyl halides is 3. The Hall–Kier alpha value is -4.02. The van der Waals surface area contributed by atoms with Crippen molar-refractivity contribution in [3.63, 3.8) is 0 Å². The topological polar surface area (TPSA) is 117 Å². The molecule has 0 radical (unpaired) electrons. The molecule has 1 aromatic carbocycles. The third-order valence-electron chi connectivity index (χ3n) is 5.22. The maximum absolute atomic E-state index is 12.8. The standard InChI is InChI=1S/C25H26F3N5O3/c1-15(2)12-20(19-4-3-10-29-22(19)24(36)30-11-9-21(34)35)33-18-13-31-23(32-14-18)16-5-7-17(8-6-16)25(26,27)28/h3-8,10,13-15,20,33H,9,11-12H2,1-2H3,(H,30,36)(H,34,35). The van der Waals surface area contributed by atoms with E-state index in [1.54, 1.807) is 12.1 Å². The lowest BCUT2D eigenvalue weighted by atomic mass is 9.95. The molecule has 2 aromatic heterocycles. The summed E-state index contributed by atoms with van der Waals surface area (Å²) >= 11 is 0. The van der Waals surface area contributed by atoms with E-state index < -0.39 is 23.6 Å². The molecule has 1 unspecified atom stereocenters. The second-order valence-electron chi connectivity index (χ2n) is 8.54. The van der Waals surface area contributed by atoms with Crippen molar-refractivity contribution in [2.75, 3.05) is 11.9 Å². The van der Waals surface area contributed by atoms with Gasteiger partial charge in [0.1, 0.15) is 5.69 Å². The van der Waals surface area contributed by atoms with Crippen molar-refractivity contribution in [3.8, 4) is 11.4 Å². The molecule has 0 saturated carbocycles. The van der Waals surface area contributed by atoms with Gasteiger partial charge in [0.15, 0.2) is 5.82 Å². The maximum Gasteiger partial charge on any atom is 0.416 e. The van der Waals surface area contributed by atoms with Crippen LogP contribution in [-0.4, -0.2) is 38.5 Å². The Morgan fingerprint density at radius 1 is 1.03 bits per heavy atom. The minimum absolute atomic E-state index is 0.0221. The van der Waals surface area contributed by atoms with Gasteiger partial charge in [0.25, 0.3) is 5.91 Å². The van der Waals surface area contributed by atoms with Gasteiger partial charge in [0, 0.05) is 23.9 Å². The third kappa shape index (κ3) is 7.24. The van der Waals surface area contributed by atoms with Gasteiger partial charge in [-0.05, 0) is 30.5 Å². The van der Waals surface area contributed by atoms with Gasteiger partial charge in [-0.25, -0.2) is 9.97 Å². The second kappa shape index (κ2) is 11.6. The highest BCUT2D eigenvalue weighted by atomic mass is 19.4. The van der Waals surface area contributed by atoms with Crippen LogP contribution in [0.2, 0.25) is 0 Å². The first-order valence-electron chi connectivity index (χ1n) is 11.3. The summed E-state index contributed by atoms with van der Waals surface area (Å²) in [5, 5.41) is 14.7. The summed E-state index contributed by atoms with van der Waals surface area (Å²) in [4.78, 5) is 36.2. The summed E-state index contributed by atoms with van der Waals surface area (Å²) in [5.74, 6) is -0.973. The predicted molar refractivity (Wildman–Crippen MR) is 127 cm³/mol. The smallest absolute Gasteiger partial charge is 0.416 e. The van der Waals surface area contributed by atoms with Crippen molar-refractivity contribution in [1.29, 1.82) is 0 Å². The number of carboxylic acid groups (broad SMARTS) is 1. The Morgan fingerprint density at radius 3 is 2.28 bits per heavy atom.